The zero-order valence-corrected chi connectivity index (χ0v) is 23.2. The van der Waals surface area contributed by atoms with E-state index in [0.717, 1.165) is 15.4 Å². The van der Waals surface area contributed by atoms with Crippen molar-refractivity contribution in [1.82, 2.24) is 5.43 Å². The van der Waals surface area contributed by atoms with Gasteiger partial charge in [0.15, 0.2) is 0 Å². The number of aryl methyl sites for hydroxylation is 1. The van der Waals surface area contributed by atoms with E-state index in [1.165, 1.54) is 24.4 Å². The number of halogens is 2. The number of nitrogens with zero attached hydrogens (tertiary/aromatic N) is 2. The van der Waals surface area contributed by atoms with Crippen LogP contribution in [0.2, 0.25) is 10.0 Å². The summed E-state index contributed by atoms with van der Waals surface area (Å²) in [6.07, 6.45) is 1.44. The minimum Gasteiger partial charge on any atom is -0.488 e. The topological polar surface area (TPSA) is 88.1 Å². The Bertz CT molecular complexity index is 1580. The molecule has 0 saturated heterocycles. The van der Waals surface area contributed by atoms with Crippen molar-refractivity contribution in [3.63, 3.8) is 0 Å². The van der Waals surface area contributed by atoms with Crippen LogP contribution in [0.1, 0.15) is 16.7 Å². The van der Waals surface area contributed by atoms with Crippen molar-refractivity contribution in [3.05, 3.63) is 124 Å². The molecule has 0 aliphatic rings. The summed E-state index contributed by atoms with van der Waals surface area (Å²) in [5.41, 5.74) is 5.02. The predicted molar refractivity (Wildman–Crippen MR) is 155 cm³/mol. The lowest BCUT2D eigenvalue weighted by molar-refractivity contribution is -0.119. The molecule has 4 aromatic carbocycles. The third-order valence-electron chi connectivity index (χ3n) is 5.68. The SMILES string of the molecule is Cc1ccc(N(CC(=O)NN=Cc2ccccc2OCc2ccc(Cl)cc2)S(=O)(=O)c2ccccc2)cc1Cl. The van der Waals surface area contributed by atoms with Crippen molar-refractivity contribution in [2.45, 2.75) is 18.4 Å². The Hall–Kier alpha value is -3.85. The van der Waals surface area contributed by atoms with Gasteiger partial charge in [-0.3, -0.25) is 9.10 Å². The van der Waals surface area contributed by atoms with Crippen LogP contribution in [0.5, 0.6) is 5.75 Å². The number of benzene rings is 4. The molecule has 10 heteroatoms. The highest BCUT2D eigenvalue weighted by molar-refractivity contribution is 7.92. The molecule has 0 unspecified atom stereocenters. The van der Waals surface area contributed by atoms with Gasteiger partial charge < -0.3 is 4.74 Å². The number of carbonyl (C=O) groups is 1. The largest absolute Gasteiger partial charge is 0.488 e. The van der Waals surface area contributed by atoms with Gasteiger partial charge in [-0.2, -0.15) is 5.10 Å². The fourth-order valence-electron chi connectivity index (χ4n) is 3.57. The first-order chi connectivity index (χ1) is 18.7. The maximum Gasteiger partial charge on any atom is 0.264 e. The maximum atomic E-state index is 13.5. The van der Waals surface area contributed by atoms with Crippen molar-refractivity contribution in [2.24, 2.45) is 5.10 Å². The van der Waals surface area contributed by atoms with Crippen LogP contribution >= 0.6 is 23.2 Å². The number of hydrazone groups is 1. The molecular weight excluding hydrogens is 557 g/mol. The van der Waals surface area contributed by atoms with Gasteiger partial charge in [0.25, 0.3) is 15.9 Å². The Morgan fingerprint density at radius 1 is 0.949 bits per heavy atom. The number of ether oxygens (including phenoxy) is 1. The Morgan fingerprint density at radius 3 is 2.36 bits per heavy atom. The Balaban J connectivity index is 1.49. The third kappa shape index (κ3) is 7.38. The van der Waals surface area contributed by atoms with E-state index in [2.05, 4.69) is 10.5 Å². The minimum atomic E-state index is -4.07. The van der Waals surface area contributed by atoms with Crippen LogP contribution in [-0.2, 0) is 21.4 Å². The Kier molecular flexibility index (Phi) is 9.24. The predicted octanol–water partition coefficient (Wildman–Crippen LogP) is 6.23. The van der Waals surface area contributed by atoms with Gasteiger partial charge in [0.1, 0.15) is 18.9 Å². The van der Waals surface area contributed by atoms with Crippen LogP contribution in [0.25, 0.3) is 0 Å². The van der Waals surface area contributed by atoms with Gasteiger partial charge in [-0.25, -0.2) is 13.8 Å². The molecule has 0 aliphatic heterocycles. The van der Waals surface area contributed by atoms with E-state index >= 15 is 0 Å². The zero-order chi connectivity index (χ0) is 27.8. The number of anilines is 1. The molecule has 0 aromatic heterocycles. The van der Waals surface area contributed by atoms with Crippen molar-refractivity contribution in [3.8, 4) is 5.75 Å². The molecule has 4 rings (SSSR count). The van der Waals surface area contributed by atoms with Crippen LogP contribution in [0, 0.1) is 6.92 Å². The molecule has 1 amide bonds. The van der Waals surface area contributed by atoms with E-state index in [4.69, 9.17) is 27.9 Å². The average molecular weight is 583 g/mol. The van der Waals surface area contributed by atoms with E-state index < -0.39 is 22.5 Å². The summed E-state index contributed by atoms with van der Waals surface area (Å²) in [5.74, 6) is -0.0740. The molecule has 0 aliphatic carbocycles. The first-order valence-electron chi connectivity index (χ1n) is 11.9. The molecule has 0 heterocycles. The number of amides is 1. The van der Waals surface area contributed by atoms with Crippen molar-refractivity contribution in [2.75, 3.05) is 10.8 Å². The molecule has 0 radical (unpaired) electrons. The molecule has 0 bridgehead atoms. The highest BCUT2D eigenvalue weighted by Crippen LogP contribution is 2.28. The molecule has 0 saturated carbocycles. The fraction of sp³-hybridized carbons (Fsp3) is 0.103. The lowest BCUT2D eigenvalue weighted by Gasteiger charge is -2.24. The monoisotopic (exact) mass is 581 g/mol. The van der Waals surface area contributed by atoms with Crippen LogP contribution in [-0.4, -0.2) is 27.1 Å². The van der Waals surface area contributed by atoms with Gasteiger partial charge in [0, 0.05) is 15.6 Å². The number of sulfonamides is 1. The van der Waals surface area contributed by atoms with E-state index in [-0.39, 0.29) is 10.6 Å². The smallest absolute Gasteiger partial charge is 0.264 e. The summed E-state index contributed by atoms with van der Waals surface area (Å²) in [5, 5.41) is 5.06. The third-order valence-corrected chi connectivity index (χ3v) is 8.13. The van der Waals surface area contributed by atoms with Crippen LogP contribution in [0.3, 0.4) is 0 Å². The van der Waals surface area contributed by atoms with E-state index in [1.807, 2.05) is 24.3 Å². The Morgan fingerprint density at radius 2 is 1.64 bits per heavy atom. The van der Waals surface area contributed by atoms with Gasteiger partial charge in [0.2, 0.25) is 0 Å². The summed E-state index contributed by atoms with van der Waals surface area (Å²) in [6.45, 7) is 1.61. The van der Waals surface area contributed by atoms with Crippen LogP contribution in [0.15, 0.2) is 107 Å². The van der Waals surface area contributed by atoms with Gasteiger partial charge in [-0.1, -0.05) is 71.7 Å². The standard InChI is InChI=1S/C29H25Cl2N3O4S/c1-21-11-16-25(17-27(21)31)34(39(36,37)26-8-3-2-4-9-26)19-29(35)33-32-18-23-7-5-6-10-28(23)38-20-22-12-14-24(30)15-13-22/h2-18H,19-20H2,1H3,(H,33,35). The first-order valence-corrected chi connectivity index (χ1v) is 14.1. The fourth-order valence-corrected chi connectivity index (χ4v) is 5.31. The summed E-state index contributed by atoms with van der Waals surface area (Å²) in [4.78, 5) is 12.9. The van der Waals surface area contributed by atoms with Crippen molar-refractivity contribution >= 4 is 51.0 Å². The second kappa shape index (κ2) is 12.8. The van der Waals surface area contributed by atoms with Gasteiger partial charge in [0.05, 0.1) is 16.8 Å². The van der Waals surface area contributed by atoms with Crippen LogP contribution < -0.4 is 14.5 Å². The second-order valence-electron chi connectivity index (χ2n) is 8.50. The molecule has 0 spiro atoms. The number of hydrogen-bond donors (Lipinski definition) is 1. The molecule has 0 atom stereocenters. The summed E-state index contributed by atoms with van der Waals surface area (Å²) in [7, 11) is -4.07. The normalized spacial score (nSPS) is 11.4. The molecule has 0 fully saturated rings. The lowest BCUT2D eigenvalue weighted by atomic mass is 10.2. The lowest BCUT2D eigenvalue weighted by Crippen LogP contribution is -2.39. The van der Waals surface area contributed by atoms with Crippen molar-refractivity contribution in [1.29, 1.82) is 0 Å². The molecule has 1 N–H and O–H groups in total. The number of para-hydroxylation sites is 1. The molecule has 200 valence electrons. The molecule has 7 nitrogen and oxygen atoms in total. The summed E-state index contributed by atoms with van der Waals surface area (Å²) < 4.78 is 33.8. The van der Waals surface area contributed by atoms with Gasteiger partial charge >= 0.3 is 0 Å². The molecule has 39 heavy (non-hydrogen) atoms. The van der Waals surface area contributed by atoms with Gasteiger partial charge in [-0.05, 0) is 66.6 Å². The second-order valence-corrected chi connectivity index (χ2v) is 11.2. The van der Waals surface area contributed by atoms with E-state index in [1.54, 1.807) is 61.5 Å². The summed E-state index contributed by atoms with van der Waals surface area (Å²) in [6, 6.07) is 27.2. The first kappa shape index (κ1) is 28.2. The Labute approximate surface area is 237 Å². The van der Waals surface area contributed by atoms with Crippen LogP contribution in [0.4, 0.5) is 5.69 Å². The van der Waals surface area contributed by atoms with E-state index in [9.17, 15) is 13.2 Å². The highest BCUT2D eigenvalue weighted by atomic mass is 35.5. The van der Waals surface area contributed by atoms with Crippen molar-refractivity contribution < 1.29 is 17.9 Å². The maximum absolute atomic E-state index is 13.5. The number of carbonyl (C=O) groups excluding carboxylic acids is 1. The summed E-state index contributed by atoms with van der Waals surface area (Å²) >= 11 is 12.2. The zero-order valence-electron chi connectivity index (χ0n) is 20.9. The minimum absolute atomic E-state index is 0.0461. The highest BCUT2D eigenvalue weighted by Gasteiger charge is 2.27. The molecular formula is C29H25Cl2N3O4S. The number of nitrogens with one attached hydrogen (secondary N) is 1. The molecule has 4 aromatic rings. The van der Waals surface area contributed by atoms with E-state index in [0.29, 0.717) is 28.0 Å². The quantitative estimate of drug-likeness (QED) is 0.178. The number of rotatable bonds is 10. The number of hydrogen-bond acceptors (Lipinski definition) is 5. The average Bonchev–Trinajstić information content (AvgIpc) is 2.94. The van der Waals surface area contributed by atoms with Gasteiger partial charge in [-0.15, -0.1) is 0 Å².